The highest BCUT2D eigenvalue weighted by atomic mass is 14.2. The standard InChI is InChI=1S/C8H9N/c1-4-8(5-2)7(3)6-9/h4-5,8H,1-3H2. The van der Waals surface area contributed by atoms with Crippen molar-refractivity contribution in [3.05, 3.63) is 37.5 Å². The van der Waals surface area contributed by atoms with E-state index < -0.39 is 0 Å². The quantitative estimate of drug-likeness (QED) is 0.412. The van der Waals surface area contributed by atoms with Gasteiger partial charge in [0.05, 0.1) is 6.07 Å². The summed E-state index contributed by atoms with van der Waals surface area (Å²) in [6, 6.07) is 1.93. The average molecular weight is 119 g/mol. The molecule has 0 bridgehead atoms. The number of nitrogens with zero attached hydrogens (tertiary/aromatic N) is 1. The molecule has 0 fully saturated rings. The van der Waals surface area contributed by atoms with Crippen LogP contribution in [0.5, 0.6) is 0 Å². The van der Waals surface area contributed by atoms with E-state index in [0.717, 1.165) is 0 Å². The van der Waals surface area contributed by atoms with Crippen LogP contribution in [-0.2, 0) is 0 Å². The molecule has 0 saturated carbocycles. The lowest BCUT2D eigenvalue weighted by atomic mass is 10.0. The van der Waals surface area contributed by atoms with Crippen LogP contribution in [0, 0.1) is 17.2 Å². The van der Waals surface area contributed by atoms with Gasteiger partial charge in [-0.2, -0.15) is 5.26 Å². The van der Waals surface area contributed by atoms with Crippen LogP contribution in [0.15, 0.2) is 37.5 Å². The minimum Gasteiger partial charge on any atom is -0.193 e. The topological polar surface area (TPSA) is 23.8 Å². The molecule has 0 rings (SSSR count). The molecule has 0 spiro atoms. The Kier molecular flexibility index (Phi) is 3.15. The Morgan fingerprint density at radius 1 is 1.44 bits per heavy atom. The van der Waals surface area contributed by atoms with Gasteiger partial charge in [-0.3, -0.25) is 0 Å². The molecule has 1 nitrogen and oxygen atoms in total. The predicted molar refractivity (Wildman–Crippen MR) is 38.6 cm³/mol. The van der Waals surface area contributed by atoms with E-state index in [-0.39, 0.29) is 5.92 Å². The Labute approximate surface area is 55.6 Å². The Morgan fingerprint density at radius 3 is 2.00 bits per heavy atom. The molecule has 0 atom stereocenters. The van der Waals surface area contributed by atoms with Gasteiger partial charge in [-0.15, -0.1) is 13.2 Å². The van der Waals surface area contributed by atoms with Crippen molar-refractivity contribution in [3.8, 4) is 6.07 Å². The lowest BCUT2D eigenvalue weighted by molar-refractivity contribution is 1.02. The predicted octanol–water partition coefficient (Wildman–Crippen LogP) is 2.05. The summed E-state index contributed by atoms with van der Waals surface area (Å²) in [6.07, 6.45) is 3.27. The highest BCUT2D eigenvalue weighted by Crippen LogP contribution is 2.08. The van der Waals surface area contributed by atoms with Crippen molar-refractivity contribution >= 4 is 0 Å². The van der Waals surface area contributed by atoms with Crippen LogP contribution in [0.2, 0.25) is 0 Å². The third-order valence-corrected chi connectivity index (χ3v) is 1.05. The highest BCUT2D eigenvalue weighted by Gasteiger charge is 2.00. The lowest BCUT2D eigenvalue weighted by Crippen LogP contribution is -1.90. The fourth-order valence-corrected chi connectivity index (χ4v) is 0.455. The molecule has 0 N–H and O–H groups in total. The first-order valence-corrected chi connectivity index (χ1v) is 2.60. The molecule has 0 aliphatic heterocycles. The average Bonchev–Trinajstić information content (AvgIpc) is 1.90. The summed E-state index contributed by atoms with van der Waals surface area (Å²) in [7, 11) is 0. The summed E-state index contributed by atoms with van der Waals surface area (Å²) in [6.45, 7) is 10.5. The van der Waals surface area contributed by atoms with E-state index in [1.54, 1.807) is 12.2 Å². The van der Waals surface area contributed by atoms with E-state index >= 15 is 0 Å². The summed E-state index contributed by atoms with van der Waals surface area (Å²) in [5.41, 5.74) is 0.486. The molecule has 0 unspecified atom stereocenters. The molecule has 0 aliphatic rings. The molecule has 0 aromatic carbocycles. The van der Waals surface area contributed by atoms with Crippen molar-refractivity contribution in [3.63, 3.8) is 0 Å². The van der Waals surface area contributed by atoms with Gasteiger partial charge < -0.3 is 0 Å². The molecule has 0 aromatic heterocycles. The van der Waals surface area contributed by atoms with E-state index in [1.807, 2.05) is 6.07 Å². The minimum absolute atomic E-state index is 0.0602. The maximum absolute atomic E-state index is 8.32. The van der Waals surface area contributed by atoms with Crippen molar-refractivity contribution in [2.24, 2.45) is 5.92 Å². The van der Waals surface area contributed by atoms with Gasteiger partial charge in [0.1, 0.15) is 0 Å². The van der Waals surface area contributed by atoms with E-state index in [2.05, 4.69) is 19.7 Å². The number of hydrogen-bond donors (Lipinski definition) is 0. The molecular formula is C8H9N. The summed E-state index contributed by atoms with van der Waals surface area (Å²) >= 11 is 0. The number of rotatable bonds is 3. The van der Waals surface area contributed by atoms with Crippen LogP contribution in [0.1, 0.15) is 0 Å². The smallest absolute Gasteiger partial charge is 0.0950 e. The van der Waals surface area contributed by atoms with E-state index in [0.29, 0.717) is 5.57 Å². The van der Waals surface area contributed by atoms with Crippen molar-refractivity contribution in [1.29, 1.82) is 5.26 Å². The van der Waals surface area contributed by atoms with Gasteiger partial charge >= 0.3 is 0 Å². The summed E-state index contributed by atoms with van der Waals surface area (Å²) in [4.78, 5) is 0. The van der Waals surface area contributed by atoms with Crippen molar-refractivity contribution < 1.29 is 0 Å². The first kappa shape index (κ1) is 7.71. The first-order valence-electron chi connectivity index (χ1n) is 2.60. The molecule has 0 amide bonds. The summed E-state index contributed by atoms with van der Waals surface area (Å²) in [5, 5.41) is 8.32. The van der Waals surface area contributed by atoms with Crippen LogP contribution in [0.3, 0.4) is 0 Å². The monoisotopic (exact) mass is 119 g/mol. The van der Waals surface area contributed by atoms with Gasteiger partial charge in [-0.05, 0) is 0 Å². The van der Waals surface area contributed by atoms with Crippen molar-refractivity contribution in [1.82, 2.24) is 0 Å². The molecule has 0 radical (unpaired) electrons. The SMILES string of the molecule is C=CC(C=C)C(=C)C#N. The van der Waals surface area contributed by atoms with E-state index in [1.165, 1.54) is 0 Å². The zero-order valence-corrected chi connectivity index (χ0v) is 5.30. The molecule has 0 heterocycles. The second kappa shape index (κ2) is 3.68. The number of nitriles is 1. The van der Waals surface area contributed by atoms with Gasteiger partial charge in [0, 0.05) is 11.5 Å². The lowest BCUT2D eigenvalue weighted by Gasteiger charge is -1.99. The van der Waals surface area contributed by atoms with Gasteiger partial charge in [0.15, 0.2) is 0 Å². The maximum atomic E-state index is 8.32. The summed E-state index contributed by atoms with van der Waals surface area (Å²) < 4.78 is 0. The maximum Gasteiger partial charge on any atom is 0.0950 e. The molecule has 0 aromatic rings. The third-order valence-electron chi connectivity index (χ3n) is 1.05. The second-order valence-corrected chi connectivity index (χ2v) is 1.63. The fraction of sp³-hybridized carbons (Fsp3) is 0.125. The Bertz CT molecular complexity index is 163. The summed E-state index contributed by atoms with van der Waals surface area (Å²) in [5.74, 6) is -0.0602. The van der Waals surface area contributed by atoms with Crippen LogP contribution in [0.4, 0.5) is 0 Å². The van der Waals surface area contributed by atoms with Gasteiger partial charge in [0.25, 0.3) is 0 Å². The molecular weight excluding hydrogens is 110 g/mol. The first-order chi connectivity index (χ1) is 4.26. The second-order valence-electron chi connectivity index (χ2n) is 1.63. The normalized spacial score (nSPS) is 8.00. The Hall–Kier alpha value is -1.29. The largest absolute Gasteiger partial charge is 0.193 e. The molecule has 9 heavy (non-hydrogen) atoms. The molecule has 1 heteroatoms. The van der Waals surface area contributed by atoms with E-state index in [4.69, 9.17) is 5.26 Å². The van der Waals surface area contributed by atoms with E-state index in [9.17, 15) is 0 Å². The Balaban J connectivity index is 4.15. The zero-order chi connectivity index (χ0) is 7.28. The van der Waals surface area contributed by atoms with Gasteiger partial charge in [-0.25, -0.2) is 0 Å². The number of hydrogen-bond acceptors (Lipinski definition) is 1. The van der Waals surface area contributed by atoms with Gasteiger partial charge in [0.2, 0.25) is 0 Å². The van der Waals surface area contributed by atoms with Crippen molar-refractivity contribution in [2.45, 2.75) is 0 Å². The highest BCUT2D eigenvalue weighted by molar-refractivity contribution is 5.27. The molecule has 0 saturated heterocycles. The fourth-order valence-electron chi connectivity index (χ4n) is 0.455. The van der Waals surface area contributed by atoms with Crippen LogP contribution in [-0.4, -0.2) is 0 Å². The molecule has 0 aliphatic carbocycles. The number of allylic oxidation sites excluding steroid dienone is 3. The third kappa shape index (κ3) is 1.96. The molecule has 46 valence electrons. The van der Waals surface area contributed by atoms with Crippen LogP contribution in [0.25, 0.3) is 0 Å². The van der Waals surface area contributed by atoms with Gasteiger partial charge in [-0.1, -0.05) is 18.7 Å². The van der Waals surface area contributed by atoms with Crippen LogP contribution >= 0.6 is 0 Å². The minimum atomic E-state index is -0.0602. The van der Waals surface area contributed by atoms with Crippen molar-refractivity contribution in [2.75, 3.05) is 0 Å². The van der Waals surface area contributed by atoms with Crippen LogP contribution < -0.4 is 0 Å². The zero-order valence-electron chi connectivity index (χ0n) is 5.30. The Morgan fingerprint density at radius 2 is 1.89 bits per heavy atom.